The number of sulfonamides is 1. The highest BCUT2D eigenvalue weighted by molar-refractivity contribution is 7.89. The second kappa shape index (κ2) is 9.03. The van der Waals surface area contributed by atoms with Gasteiger partial charge in [-0.25, -0.2) is 8.42 Å². The molecule has 0 saturated carbocycles. The third kappa shape index (κ3) is 4.70. The molecule has 1 N–H and O–H groups in total. The van der Waals surface area contributed by atoms with E-state index in [0.29, 0.717) is 24.3 Å². The number of benzene rings is 2. The van der Waals surface area contributed by atoms with Crippen LogP contribution in [0.5, 0.6) is 0 Å². The van der Waals surface area contributed by atoms with Crippen molar-refractivity contribution in [2.45, 2.75) is 43.7 Å². The molecule has 4 rings (SSSR count). The van der Waals surface area contributed by atoms with Crippen molar-refractivity contribution in [3.63, 3.8) is 0 Å². The summed E-state index contributed by atoms with van der Waals surface area (Å²) < 4.78 is 29.3. The van der Waals surface area contributed by atoms with Crippen molar-refractivity contribution >= 4 is 21.6 Å². The zero-order valence-corrected chi connectivity index (χ0v) is 18.3. The number of hydrogen-bond acceptors (Lipinski definition) is 4. The van der Waals surface area contributed by atoms with Crippen LogP contribution in [0.3, 0.4) is 0 Å². The third-order valence-corrected chi connectivity index (χ3v) is 7.65. The number of nitrogens with zero attached hydrogens (tertiary/aromatic N) is 3. The second-order valence-electron chi connectivity index (χ2n) is 7.80. The Hall–Kier alpha value is -2.97. The maximum atomic E-state index is 13.0. The fourth-order valence-corrected chi connectivity index (χ4v) is 5.59. The number of nitrogens with one attached hydrogen (secondary N) is 1. The van der Waals surface area contributed by atoms with E-state index in [2.05, 4.69) is 10.4 Å². The van der Waals surface area contributed by atoms with Gasteiger partial charge in [0.05, 0.1) is 11.4 Å². The Morgan fingerprint density at radius 1 is 1.10 bits per heavy atom. The average Bonchev–Trinajstić information content (AvgIpc) is 3.28. The minimum atomic E-state index is -3.56. The van der Waals surface area contributed by atoms with E-state index in [1.54, 1.807) is 27.3 Å². The standard InChI is InChI=1S/C23H26N4O3S/c1-18-7-4-5-16-27(18)31(29,30)21-12-10-19(11-13-21)23(28)25-22-9-3-2-8-20(22)17-26-15-6-14-24-26/h2-3,6,8-15,18H,4-5,7,16-17H2,1H3,(H,25,28). The summed E-state index contributed by atoms with van der Waals surface area (Å²) in [4.78, 5) is 13.0. The lowest BCUT2D eigenvalue weighted by Gasteiger charge is -2.32. The number of carbonyl (C=O) groups excluding carboxylic acids is 1. The first-order valence-corrected chi connectivity index (χ1v) is 11.9. The van der Waals surface area contributed by atoms with Crippen molar-refractivity contribution in [1.82, 2.24) is 14.1 Å². The molecule has 1 saturated heterocycles. The minimum Gasteiger partial charge on any atom is -0.322 e. The van der Waals surface area contributed by atoms with E-state index in [4.69, 9.17) is 0 Å². The smallest absolute Gasteiger partial charge is 0.255 e. The predicted molar refractivity (Wildman–Crippen MR) is 119 cm³/mol. The first kappa shape index (κ1) is 21.3. The Balaban J connectivity index is 1.49. The van der Waals surface area contributed by atoms with E-state index in [1.165, 1.54) is 12.1 Å². The van der Waals surface area contributed by atoms with Crippen molar-refractivity contribution < 1.29 is 13.2 Å². The van der Waals surface area contributed by atoms with Crippen LogP contribution in [0.1, 0.15) is 42.1 Å². The lowest BCUT2D eigenvalue weighted by atomic mass is 10.1. The van der Waals surface area contributed by atoms with E-state index in [1.807, 2.05) is 43.5 Å². The fraction of sp³-hybridized carbons (Fsp3) is 0.304. The largest absolute Gasteiger partial charge is 0.322 e. The first-order chi connectivity index (χ1) is 14.9. The zero-order valence-electron chi connectivity index (χ0n) is 17.4. The number of piperidine rings is 1. The average molecular weight is 439 g/mol. The highest BCUT2D eigenvalue weighted by atomic mass is 32.2. The van der Waals surface area contributed by atoms with E-state index in [0.717, 1.165) is 24.8 Å². The molecule has 0 spiro atoms. The molecule has 1 atom stereocenters. The van der Waals surface area contributed by atoms with Crippen LogP contribution >= 0.6 is 0 Å². The summed E-state index contributed by atoms with van der Waals surface area (Å²) in [5.41, 5.74) is 2.03. The Morgan fingerprint density at radius 2 is 1.87 bits per heavy atom. The molecule has 2 heterocycles. The normalized spacial score (nSPS) is 17.4. The summed E-state index contributed by atoms with van der Waals surface area (Å²) in [6, 6.07) is 15.5. The summed E-state index contributed by atoms with van der Waals surface area (Å²) in [5.74, 6) is -0.289. The van der Waals surface area contributed by atoms with Gasteiger partial charge in [0.15, 0.2) is 0 Å². The van der Waals surface area contributed by atoms with Gasteiger partial charge in [0.25, 0.3) is 5.91 Å². The number of hydrogen-bond donors (Lipinski definition) is 1. The third-order valence-electron chi connectivity index (χ3n) is 5.62. The number of carbonyl (C=O) groups is 1. The predicted octanol–water partition coefficient (Wildman–Crippen LogP) is 3.75. The first-order valence-electron chi connectivity index (χ1n) is 10.4. The topological polar surface area (TPSA) is 84.3 Å². The summed E-state index contributed by atoms with van der Waals surface area (Å²) in [6.45, 7) is 3.02. The molecule has 31 heavy (non-hydrogen) atoms. The zero-order chi connectivity index (χ0) is 21.8. The molecule has 1 fully saturated rings. The van der Waals surface area contributed by atoms with Gasteiger partial charge in [-0.15, -0.1) is 0 Å². The van der Waals surface area contributed by atoms with Crippen molar-refractivity contribution in [1.29, 1.82) is 0 Å². The monoisotopic (exact) mass is 438 g/mol. The van der Waals surface area contributed by atoms with Crippen LogP contribution in [-0.4, -0.2) is 41.0 Å². The Morgan fingerprint density at radius 3 is 2.58 bits per heavy atom. The number of rotatable bonds is 6. The van der Waals surface area contributed by atoms with Crippen LogP contribution in [0, 0.1) is 0 Å². The minimum absolute atomic E-state index is 0.00647. The molecule has 8 heteroatoms. The van der Waals surface area contributed by atoms with Crippen LogP contribution in [0.25, 0.3) is 0 Å². The van der Waals surface area contributed by atoms with Crippen LogP contribution in [0.15, 0.2) is 71.9 Å². The fourth-order valence-electron chi connectivity index (χ4n) is 3.89. The molecule has 1 amide bonds. The van der Waals surface area contributed by atoms with Gasteiger partial charge in [-0.05, 0) is 61.7 Å². The van der Waals surface area contributed by atoms with Gasteiger partial charge in [-0.1, -0.05) is 24.6 Å². The molecule has 0 aliphatic carbocycles. The Kier molecular flexibility index (Phi) is 6.20. The van der Waals surface area contributed by atoms with Gasteiger partial charge in [0.2, 0.25) is 10.0 Å². The van der Waals surface area contributed by atoms with Gasteiger partial charge in [0, 0.05) is 36.2 Å². The summed E-state index contributed by atoms with van der Waals surface area (Å²) in [7, 11) is -3.56. The van der Waals surface area contributed by atoms with Crippen molar-refractivity contribution in [3.05, 3.63) is 78.1 Å². The summed E-state index contributed by atoms with van der Waals surface area (Å²) in [6.07, 6.45) is 6.37. The van der Waals surface area contributed by atoms with Gasteiger partial charge in [0.1, 0.15) is 0 Å². The summed E-state index contributed by atoms with van der Waals surface area (Å²) in [5, 5.41) is 7.14. The molecule has 3 aromatic rings. The molecule has 1 aliphatic rings. The molecule has 162 valence electrons. The van der Waals surface area contributed by atoms with Crippen LogP contribution in [-0.2, 0) is 16.6 Å². The van der Waals surface area contributed by atoms with Crippen LogP contribution < -0.4 is 5.32 Å². The highest BCUT2D eigenvalue weighted by Crippen LogP contribution is 2.25. The Bertz CT molecular complexity index is 1140. The molecular weight excluding hydrogens is 412 g/mol. The second-order valence-corrected chi connectivity index (χ2v) is 9.69. The van der Waals surface area contributed by atoms with Crippen LogP contribution in [0.4, 0.5) is 5.69 Å². The maximum absolute atomic E-state index is 13.0. The molecule has 0 bridgehead atoms. The molecule has 1 unspecified atom stereocenters. The van der Waals surface area contributed by atoms with E-state index >= 15 is 0 Å². The highest BCUT2D eigenvalue weighted by Gasteiger charge is 2.30. The lowest BCUT2D eigenvalue weighted by Crippen LogP contribution is -2.41. The van der Waals surface area contributed by atoms with E-state index in [-0.39, 0.29) is 16.8 Å². The lowest BCUT2D eigenvalue weighted by molar-refractivity contribution is 0.102. The number of para-hydroxylation sites is 1. The maximum Gasteiger partial charge on any atom is 0.255 e. The van der Waals surface area contributed by atoms with Crippen molar-refractivity contribution in [2.75, 3.05) is 11.9 Å². The molecule has 7 nitrogen and oxygen atoms in total. The number of anilines is 1. The molecule has 0 radical (unpaired) electrons. The van der Waals surface area contributed by atoms with Gasteiger partial charge >= 0.3 is 0 Å². The number of aromatic nitrogens is 2. The van der Waals surface area contributed by atoms with Crippen molar-refractivity contribution in [3.8, 4) is 0 Å². The van der Waals surface area contributed by atoms with Gasteiger partial charge in [-0.2, -0.15) is 9.40 Å². The van der Waals surface area contributed by atoms with Gasteiger partial charge < -0.3 is 5.32 Å². The van der Waals surface area contributed by atoms with Crippen LogP contribution in [0.2, 0.25) is 0 Å². The quantitative estimate of drug-likeness (QED) is 0.635. The molecule has 2 aromatic carbocycles. The molecule has 1 aromatic heterocycles. The van der Waals surface area contributed by atoms with E-state index < -0.39 is 10.0 Å². The van der Waals surface area contributed by atoms with E-state index in [9.17, 15) is 13.2 Å². The Labute approximate surface area is 182 Å². The number of amides is 1. The summed E-state index contributed by atoms with van der Waals surface area (Å²) >= 11 is 0. The van der Waals surface area contributed by atoms with Gasteiger partial charge in [-0.3, -0.25) is 9.48 Å². The molecular formula is C23H26N4O3S. The molecule has 1 aliphatic heterocycles. The van der Waals surface area contributed by atoms with Crippen molar-refractivity contribution in [2.24, 2.45) is 0 Å². The SMILES string of the molecule is CC1CCCCN1S(=O)(=O)c1ccc(C(=O)Nc2ccccc2Cn2cccn2)cc1.